The lowest BCUT2D eigenvalue weighted by atomic mass is 9.97. The lowest BCUT2D eigenvalue weighted by molar-refractivity contribution is -0.249. The van der Waals surface area contributed by atoms with Crippen molar-refractivity contribution in [1.82, 2.24) is 0 Å². The summed E-state index contributed by atoms with van der Waals surface area (Å²) < 4.78 is 0. The maximum atomic E-state index is 11.1. The summed E-state index contributed by atoms with van der Waals surface area (Å²) in [6.07, 6.45) is 10.4. The molecule has 0 fully saturated rings. The summed E-state index contributed by atoms with van der Waals surface area (Å²) >= 11 is 0. The summed E-state index contributed by atoms with van der Waals surface area (Å²) in [6, 6.07) is 0. The summed E-state index contributed by atoms with van der Waals surface area (Å²) in [5.41, 5.74) is 0.872. The monoisotopic (exact) mass is 268 g/mol. The molecular formula is C16H28O3. The zero-order chi connectivity index (χ0) is 14.7. The SMILES string of the molecule is COOC(=O)/C=C(C)/C=C/CC(C)CCCC(C)C. The normalized spacial score (nSPS) is 14.1. The van der Waals surface area contributed by atoms with Crippen molar-refractivity contribution < 1.29 is 14.6 Å². The van der Waals surface area contributed by atoms with Crippen LogP contribution in [0.5, 0.6) is 0 Å². The minimum Gasteiger partial charge on any atom is -0.294 e. The van der Waals surface area contributed by atoms with Crippen molar-refractivity contribution in [3.8, 4) is 0 Å². The molecule has 0 aliphatic rings. The van der Waals surface area contributed by atoms with E-state index < -0.39 is 5.97 Å². The average Bonchev–Trinajstić information content (AvgIpc) is 2.28. The second-order valence-corrected chi connectivity index (χ2v) is 5.53. The van der Waals surface area contributed by atoms with Crippen molar-refractivity contribution in [3.63, 3.8) is 0 Å². The van der Waals surface area contributed by atoms with E-state index in [1.54, 1.807) is 0 Å². The third-order valence-corrected chi connectivity index (χ3v) is 2.91. The van der Waals surface area contributed by atoms with Gasteiger partial charge in [0.05, 0.1) is 7.11 Å². The predicted molar refractivity (Wildman–Crippen MR) is 78.5 cm³/mol. The zero-order valence-electron chi connectivity index (χ0n) is 12.9. The van der Waals surface area contributed by atoms with Gasteiger partial charge in [-0.15, -0.1) is 0 Å². The predicted octanol–water partition coefficient (Wildman–Crippen LogP) is 4.45. The first kappa shape index (κ1) is 17.9. The number of hydrogen-bond acceptors (Lipinski definition) is 3. The van der Waals surface area contributed by atoms with Crippen molar-refractivity contribution in [2.75, 3.05) is 7.11 Å². The molecule has 0 radical (unpaired) electrons. The van der Waals surface area contributed by atoms with E-state index >= 15 is 0 Å². The summed E-state index contributed by atoms with van der Waals surface area (Å²) in [7, 11) is 1.32. The third-order valence-electron chi connectivity index (χ3n) is 2.91. The maximum Gasteiger partial charge on any atom is 0.366 e. The Hall–Kier alpha value is -1.09. The highest BCUT2D eigenvalue weighted by atomic mass is 17.2. The summed E-state index contributed by atoms with van der Waals surface area (Å²) in [5, 5.41) is 0. The highest BCUT2D eigenvalue weighted by molar-refractivity contribution is 5.82. The van der Waals surface area contributed by atoms with E-state index in [1.165, 1.54) is 32.4 Å². The minimum atomic E-state index is -0.477. The van der Waals surface area contributed by atoms with Crippen LogP contribution in [0.3, 0.4) is 0 Å². The van der Waals surface area contributed by atoms with Gasteiger partial charge in [-0.1, -0.05) is 52.2 Å². The fourth-order valence-electron chi connectivity index (χ4n) is 1.82. The number of carbonyl (C=O) groups is 1. The molecule has 0 saturated carbocycles. The molecule has 110 valence electrons. The molecule has 0 saturated heterocycles. The van der Waals surface area contributed by atoms with Crippen LogP contribution in [0.2, 0.25) is 0 Å². The highest BCUT2D eigenvalue weighted by Gasteiger charge is 2.01. The molecule has 0 aromatic rings. The zero-order valence-corrected chi connectivity index (χ0v) is 12.9. The Kier molecular flexibility index (Phi) is 10.2. The van der Waals surface area contributed by atoms with Crippen molar-refractivity contribution in [3.05, 3.63) is 23.8 Å². The van der Waals surface area contributed by atoms with Crippen LogP contribution in [0.1, 0.15) is 53.4 Å². The lowest BCUT2D eigenvalue weighted by Gasteiger charge is -2.09. The first-order valence-corrected chi connectivity index (χ1v) is 7.05. The van der Waals surface area contributed by atoms with Gasteiger partial charge in [-0.05, 0) is 30.8 Å². The van der Waals surface area contributed by atoms with Gasteiger partial charge in [0.1, 0.15) is 0 Å². The van der Waals surface area contributed by atoms with E-state index in [-0.39, 0.29) is 0 Å². The van der Waals surface area contributed by atoms with Crippen LogP contribution in [0.15, 0.2) is 23.8 Å². The lowest BCUT2D eigenvalue weighted by Crippen LogP contribution is -1.99. The van der Waals surface area contributed by atoms with Crippen LogP contribution in [0.25, 0.3) is 0 Å². The number of rotatable bonds is 9. The summed E-state index contributed by atoms with van der Waals surface area (Å²) in [5.74, 6) is 1.00. The first-order chi connectivity index (χ1) is 8.95. The Bertz CT molecular complexity index is 303. The smallest absolute Gasteiger partial charge is 0.294 e. The molecule has 0 aliphatic heterocycles. The first-order valence-electron chi connectivity index (χ1n) is 7.05. The molecule has 0 bridgehead atoms. The fraction of sp³-hybridized carbons (Fsp3) is 0.688. The fourth-order valence-corrected chi connectivity index (χ4v) is 1.82. The summed E-state index contributed by atoms with van der Waals surface area (Å²) in [6.45, 7) is 8.66. The van der Waals surface area contributed by atoms with Crippen LogP contribution in [0, 0.1) is 11.8 Å². The van der Waals surface area contributed by atoms with Crippen LogP contribution < -0.4 is 0 Å². The van der Waals surface area contributed by atoms with Crippen LogP contribution in [-0.2, 0) is 14.6 Å². The molecule has 0 heterocycles. The Morgan fingerprint density at radius 1 is 1.21 bits per heavy atom. The molecule has 0 amide bonds. The second-order valence-electron chi connectivity index (χ2n) is 5.53. The average molecular weight is 268 g/mol. The third kappa shape index (κ3) is 11.7. The van der Waals surface area contributed by atoms with E-state index in [9.17, 15) is 4.79 Å². The molecule has 0 spiro atoms. The van der Waals surface area contributed by atoms with Crippen molar-refractivity contribution in [1.29, 1.82) is 0 Å². The van der Waals surface area contributed by atoms with Gasteiger partial charge in [-0.3, -0.25) is 4.89 Å². The molecule has 1 atom stereocenters. The van der Waals surface area contributed by atoms with Crippen molar-refractivity contribution in [2.24, 2.45) is 11.8 Å². The molecule has 0 aromatic carbocycles. The Labute approximate surface area is 117 Å². The molecule has 0 N–H and O–H groups in total. The van der Waals surface area contributed by atoms with E-state index in [0.717, 1.165) is 17.9 Å². The minimum absolute atomic E-state index is 0.477. The largest absolute Gasteiger partial charge is 0.366 e. The number of carbonyl (C=O) groups excluding carboxylic acids is 1. The molecule has 3 heteroatoms. The van der Waals surface area contributed by atoms with E-state index in [0.29, 0.717) is 5.92 Å². The maximum absolute atomic E-state index is 11.1. The van der Waals surface area contributed by atoms with E-state index in [1.807, 2.05) is 13.0 Å². The van der Waals surface area contributed by atoms with Gasteiger partial charge in [0.25, 0.3) is 0 Å². The van der Waals surface area contributed by atoms with E-state index in [4.69, 9.17) is 0 Å². The topological polar surface area (TPSA) is 35.5 Å². The molecule has 1 unspecified atom stereocenters. The van der Waals surface area contributed by atoms with Crippen LogP contribution in [0.4, 0.5) is 0 Å². The second kappa shape index (κ2) is 10.8. The Morgan fingerprint density at radius 2 is 1.89 bits per heavy atom. The number of hydrogen-bond donors (Lipinski definition) is 0. The summed E-state index contributed by atoms with van der Waals surface area (Å²) in [4.78, 5) is 19.8. The van der Waals surface area contributed by atoms with Gasteiger partial charge in [0.15, 0.2) is 0 Å². The number of allylic oxidation sites excluding steroid dienone is 3. The molecule has 19 heavy (non-hydrogen) atoms. The van der Waals surface area contributed by atoms with Gasteiger partial charge < -0.3 is 0 Å². The standard InChI is InChI=1S/C16H28O3/c1-13(2)8-6-9-14(3)10-7-11-15(4)12-16(17)19-18-5/h7,11-14H,6,8-10H2,1-5H3/b11-7+,15-12+. The van der Waals surface area contributed by atoms with Gasteiger partial charge in [0.2, 0.25) is 0 Å². The van der Waals surface area contributed by atoms with Crippen LogP contribution in [-0.4, -0.2) is 13.1 Å². The van der Waals surface area contributed by atoms with Gasteiger partial charge in [0, 0.05) is 6.08 Å². The van der Waals surface area contributed by atoms with Crippen molar-refractivity contribution >= 4 is 5.97 Å². The molecule has 0 rings (SSSR count). The molecule has 3 nitrogen and oxygen atoms in total. The van der Waals surface area contributed by atoms with Gasteiger partial charge in [-0.25, -0.2) is 4.79 Å². The quantitative estimate of drug-likeness (QED) is 0.268. The Balaban J connectivity index is 3.90. The van der Waals surface area contributed by atoms with Gasteiger partial charge in [-0.2, -0.15) is 4.89 Å². The Morgan fingerprint density at radius 3 is 2.47 bits per heavy atom. The van der Waals surface area contributed by atoms with Crippen molar-refractivity contribution in [2.45, 2.75) is 53.4 Å². The van der Waals surface area contributed by atoms with Crippen LogP contribution >= 0.6 is 0 Å². The molecule has 0 aliphatic carbocycles. The molecular weight excluding hydrogens is 240 g/mol. The van der Waals surface area contributed by atoms with E-state index in [2.05, 4.69) is 36.6 Å². The van der Waals surface area contributed by atoms with Gasteiger partial charge >= 0.3 is 5.97 Å². The highest BCUT2D eigenvalue weighted by Crippen LogP contribution is 2.15. The molecule has 0 aromatic heterocycles.